The molecular weight excluding hydrogens is 606 g/mol. The highest BCUT2D eigenvalue weighted by Crippen LogP contribution is 2.44. The number of benzene rings is 2. The number of aliphatic hydroxyl groups is 1. The van der Waals surface area contributed by atoms with Gasteiger partial charge in [-0.3, -0.25) is 9.59 Å². The normalized spacial score (nSPS) is 17.1. The molecule has 0 amide bonds. The summed E-state index contributed by atoms with van der Waals surface area (Å²) < 4.78 is 39.5. The number of methoxy groups -OCH3 is 5. The van der Waals surface area contributed by atoms with E-state index in [0.717, 1.165) is 29.6 Å². The van der Waals surface area contributed by atoms with E-state index in [2.05, 4.69) is 19.2 Å². The highest BCUT2D eigenvalue weighted by Gasteiger charge is 2.40. The maximum absolute atomic E-state index is 12.4. The van der Waals surface area contributed by atoms with Gasteiger partial charge in [0.05, 0.1) is 68.9 Å². The molecule has 0 spiro atoms. The second kappa shape index (κ2) is 19.0. The second-order valence-electron chi connectivity index (χ2n) is 11.8. The van der Waals surface area contributed by atoms with Crippen molar-refractivity contribution in [3.05, 3.63) is 53.1 Å². The van der Waals surface area contributed by atoms with Crippen LogP contribution in [-0.2, 0) is 31.9 Å². The Labute approximate surface area is 278 Å². The van der Waals surface area contributed by atoms with Crippen LogP contribution in [0.5, 0.6) is 28.7 Å². The van der Waals surface area contributed by atoms with Crippen LogP contribution in [0.1, 0.15) is 61.3 Å². The van der Waals surface area contributed by atoms with Crippen molar-refractivity contribution in [1.29, 1.82) is 0 Å². The van der Waals surface area contributed by atoms with Gasteiger partial charge in [0.15, 0.2) is 23.0 Å². The summed E-state index contributed by atoms with van der Waals surface area (Å²) in [5, 5.41) is 8.74. The van der Waals surface area contributed by atoms with Gasteiger partial charge >= 0.3 is 11.9 Å². The van der Waals surface area contributed by atoms with Gasteiger partial charge in [-0.15, -0.1) is 0 Å². The smallest absolute Gasteiger partial charge is 0.306 e. The fourth-order valence-corrected chi connectivity index (χ4v) is 6.05. The van der Waals surface area contributed by atoms with Crippen LogP contribution in [0.25, 0.3) is 0 Å². The fourth-order valence-electron chi connectivity index (χ4n) is 6.05. The maximum Gasteiger partial charge on any atom is 0.306 e. The lowest BCUT2D eigenvalue weighted by molar-refractivity contribution is -0.941. The molecule has 0 saturated carbocycles. The van der Waals surface area contributed by atoms with Gasteiger partial charge < -0.3 is 42.7 Å². The Bertz CT molecular complexity index is 1320. The first-order valence-corrected chi connectivity index (χ1v) is 16.2. The summed E-state index contributed by atoms with van der Waals surface area (Å²) in [6.07, 6.45) is 8.15. The van der Waals surface area contributed by atoms with E-state index in [1.165, 1.54) is 11.1 Å². The molecule has 2 aromatic carbocycles. The number of hydrogen-bond donors (Lipinski definition) is 1. The molecule has 11 heteroatoms. The molecular formula is C36H52NO10+. The molecule has 0 unspecified atom stereocenters. The minimum Gasteiger partial charge on any atom is -0.493 e. The van der Waals surface area contributed by atoms with E-state index in [1.807, 2.05) is 24.3 Å². The number of hydrogen-bond acceptors (Lipinski definition) is 10. The third-order valence-electron chi connectivity index (χ3n) is 8.64. The number of carbonyl (C=O) groups is 2. The minimum absolute atomic E-state index is 0.000963. The van der Waals surface area contributed by atoms with Crippen molar-refractivity contribution in [3.63, 3.8) is 0 Å². The lowest BCUT2D eigenvalue weighted by Crippen LogP contribution is -2.52. The minimum atomic E-state index is -0.291. The van der Waals surface area contributed by atoms with E-state index >= 15 is 0 Å². The van der Waals surface area contributed by atoms with Gasteiger partial charge in [-0.2, -0.15) is 0 Å². The molecule has 1 heterocycles. The quantitative estimate of drug-likeness (QED) is 0.0902. The number of nitrogens with zero attached hydrogens (tertiary/aromatic N) is 1. The molecule has 2 aromatic rings. The van der Waals surface area contributed by atoms with Crippen molar-refractivity contribution in [1.82, 2.24) is 0 Å². The Hall–Kier alpha value is -3.96. The van der Waals surface area contributed by atoms with Crippen LogP contribution < -0.4 is 23.7 Å². The van der Waals surface area contributed by atoms with E-state index < -0.39 is 0 Å². The lowest BCUT2D eigenvalue weighted by atomic mass is 9.86. The number of allylic oxidation sites excluding steroid dienone is 2. The number of ether oxygens (including phenoxy) is 7. The summed E-state index contributed by atoms with van der Waals surface area (Å²) in [4.78, 5) is 24.0. The van der Waals surface area contributed by atoms with Crippen molar-refractivity contribution in [3.8, 4) is 28.7 Å². The van der Waals surface area contributed by atoms with Crippen LogP contribution in [0.4, 0.5) is 0 Å². The van der Waals surface area contributed by atoms with Gasteiger partial charge in [-0.05, 0) is 48.2 Å². The van der Waals surface area contributed by atoms with Crippen LogP contribution in [0, 0.1) is 0 Å². The number of aliphatic hydroxyl groups excluding tert-OH is 1. The van der Waals surface area contributed by atoms with Gasteiger partial charge in [0, 0.05) is 50.7 Å². The molecule has 0 aliphatic carbocycles. The number of rotatable bonds is 20. The first-order chi connectivity index (χ1) is 22.7. The van der Waals surface area contributed by atoms with Crippen LogP contribution in [0.3, 0.4) is 0 Å². The van der Waals surface area contributed by atoms with Crippen LogP contribution in [-0.4, -0.2) is 97.0 Å². The molecule has 0 saturated heterocycles. The molecule has 260 valence electrons. The molecule has 3 rings (SSSR count). The Morgan fingerprint density at radius 3 is 1.87 bits per heavy atom. The first-order valence-electron chi connectivity index (χ1n) is 16.2. The average Bonchev–Trinajstić information content (AvgIpc) is 3.08. The molecule has 0 fully saturated rings. The number of fused-ring (bicyclic) bond motifs is 1. The SMILES string of the molecule is COc1cc2c(cc1OC)[C@@H](Cc1cc(OC)c(OC)c(OC)c1)[N@+](C)(CCCOC(=O)CC/C=C/CCC(=O)OCCCO)CC2. The summed E-state index contributed by atoms with van der Waals surface area (Å²) in [7, 11) is 10.4. The molecule has 2 atom stereocenters. The van der Waals surface area contributed by atoms with Gasteiger partial charge in [-0.1, -0.05) is 12.2 Å². The number of likely N-dealkylation sites (N-methyl/N-ethyl adjacent to an activating group) is 1. The van der Waals surface area contributed by atoms with Crippen LogP contribution >= 0.6 is 0 Å². The van der Waals surface area contributed by atoms with E-state index in [4.69, 9.17) is 38.3 Å². The standard InChI is InChI=1S/C36H52NO10/c1-37(16-11-19-46-34(39)13-9-7-8-10-14-35(40)47-20-12-18-38)17-15-27-24-30(41-2)31(42-3)25-28(27)29(37)21-26-22-32(43-4)36(45-6)33(23-26)44-5/h7-8,22-25,29,38H,9-21H2,1-6H3/q+1/b8-7+/t29-,37-/m1/s1. The fraction of sp³-hybridized carbons (Fsp3) is 0.556. The summed E-state index contributed by atoms with van der Waals surface area (Å²) in [6, 6.07) is 8.26. The zero-order valence-electron chi connectivity index (χ0n) is 28.8. The largest absolute Gasteiger partial charge is 0.493 e. The Kier molecular flexibility index (Phi) is 15.2. The topological polar surface area (TPSA) is 119 Å². The molecule has 1 aliphatic heterocycles. The first kappa shape index (κ1) is 37.5. The Morgan fingerprint density at radius 2 is 1.34 bits per heavy atom. The summed E-state index contributed by atoms with van der Waals surface area (Å²) in [5.41, 5.74) is 3.48. The summed E-state index contributed by atoms with van der Waals surface area (Å²) in [5.74, 6) is 2.65. The monoisotopic (exact) mass is 658 g/mol. The van der Waals surface area contributed by atoms with Crippen molar-refractivity contribution in [2.75, 3.05) is 75.5 Å². The number of esters is 2. The second-order valence-corrected chi connectivity index (χ2v) is 11.8. The molecule has 1 aliphatic rings. The molecule has 0 bridgehead atoms. The van der Waals surface area contributed by atoms with Crippen molar-refractivity contribution in [2.24, 2.45) is 0 Å². The predicted octanol–water partition coefficient (Wildman–Crippen LogP) is 4.99. The van der Waals surface area contributed by atoms with E-state index in [9.17, 15) is 9.59 Å². The highest BCUT2D eigenvalue weighted by atomic mass is 16.5. The zero-order valence-corrected chi connectivity index (χ0v) is 28.8. The Morgan fingerprint density at radius 1 is 0.787 bits per heavy atom. The third-order valence-corrected chi connectivity index (χ3v) is 8.64. The summed E-state index contributed by atoms with van der Waals surface area (Å²) in [6.45, 7) is 2.29. The molecule has 0 radical (unpaired) electrons. The zero-order chi connectivity index (χ0) is 34.2. The van der Waals surface area contributed by atoms with Crippen molar-refractivity contribution < 1.29 is 52.3 Å². The number of quaternary nitrogens is 1. The van der Waals surface area contributed by atoms with E-state index in [1.54, 1.807) is 35.5 Å². The highest BCUT2D eigenvalue weighted by molar-refractivity contribution is 5.70. The number of carbonyl (C=O) groups excluding carboxylic acids is 2. The molecule has 1 N–H and O–H groups in total. The average molecular weight is 659 g/mol. The predicted molar refractivity (Wildman–Crippen MR) is 178 cm³/mol. The van der Waals surface area contributed by atoms with Gasteiger partial charge in [0.25, 0.3) is 0 Å². The van der Waals surface area contributed by atoms with Gasteiger partial charge in [0.1, 0.15) is 6.04 Å². The van der Waals surface area contributed by atoms with Crippen LogP contribution in [0.2, 0.25) is 0 Å². The lowest BCUT2D eigenvalue weighted by Gasteiger charge is -2.46. The van der Waals surface area contributed by atoms with Crippen molar-refractivity contribution >= 4 is 11.9 Å². The molecule has 47 heavy (non-hydrogen) atoms. The van der Waals surface area contributed by atoms with E-state index in [0.29, 0.717) is 67.5 Å². The maximum atomic E-state index is 12.4. The molecule has 0 aromatic heterocycles. The third kappa shape index (κ3) is 10.5. The van der Waals surface area contributed by atoms with Crippen molar-refractivity contribution in [2.45, 2.75) is 57.4 Å². The van der Waals surface area contributed by atoms with Gasteiger partial charge in [-0.25, -0.2) is 0 Å². The van der Waals surface area contributed by atoms with E-state index in [-0.39, 0.29) is 44.0 Å². The molecule has 11 nitrogen and oxygen atoms in total. The Balaban J connectivity index is 1.65. The van der Waals surface area contributed by atoms with Gasteiger partial charge in [0.2, 0.25) is 5.75 Å². The summed E-state index contributed by atoms with van der Waals surface area (Å²) >= 11 is 0. The van der Waals surface area contributed by atoms with Crippen LogP contribution in [0.15, 0.2) is 36.4 Å².